The van der Waals surface area contributed by atoms with Gasteiger partial charge in [-0.3, -0.25) is 0 Å². The molecule has 0 spiro atoms. The van der Waals surface area contributed by atoms with Crippen LogP contribution in [0.3, 0.4) is 0 Å². The summed E-state index contributed by atoms with van der Waals surface area (Å²) in [4.78, 5) is 0. The van der Waals surface area contributed by atoms with E-state index in [0.29, 0.717) is 0 Å². The molecule has 0 aliphatic heterocycles. The SMILES string of the molecule is CC[C@H](O)CCC1(O)CCCCC1. The van der Waals surface area contributed by atoms with Crippen molar-refractivity contribution in [2.45, 2.75) is 70.0 Å². The molecule has 0 bridgehead atoms. The van der Waals surface area contributed by atoms with Gasteiger partial charge in [0, 0.05) is 0 Å². The van der Waals surface area contributed by atoms with E-state index in [1.165, 1.54) is 6.42 Å². The molecular weight excluding hydrogens is 164 g/mol. The summed E-state index contributed by atoms with van der Waals surface area (Å²) in [6.07, 6.45) is 7.56. The molecule has 1 atom stereocenters. The predicted molar refractivity (Wildman–Crippen MR) is 53.6 cm³/mol. The summed E-state index contributed by atoms with van der Waals surface area (Å²) < 4.78 is 0. The van der Waals surface area contributed by atoms with Crippen LogP contribution in [0.5, 0.6) is 0 Å². The van der Waals surface area contributed by atoms with E-state index in [4.69, 9.17) is 0 Å². The van der Waals surface area contributed by atoms with Gasteiger partial charge in [-0.15, -0.1) is 0 Å². The number of rotatable bonds is 4. The molecule has 0 saturated heterocycles. The summed E-state index contributed by atoms with van der Waals surface area (Å²) in [5.74, 6) is 0. The van der Waals surface area contributed by atoms with Crippen molar-refractivity contribution in [2.75, 3.05) is 0 Å². The molecule has 1 fully saturated rings. The highest BCUT2D eigenvalue weighted by molar-refractivity contribution is 4.82. The fraction of sp³-hybridized carbons (Fsp3) is 1.00. The first kappa shape index (κ1) is 11.0. The Kier molecular flexibility index (Phi) is 4.20. The Balaban J connectivity index is 2.24. The minimum atomic E-state index is -0.450. The first-order valence-electron chi connectivity index (χ1n) is 5.57. The van der Waals surface area contributed by atoms with Crippen molar-refractivity contribution in [1.29, 1.82) is 0 Å². The van der Waals surface area contributed by atoms with Crippen molar-refractivity contribution < 1.29 is 10.2 Å². The first-order chi connectivity index (χ1) is 6.16. The van der Waals surface area contributed by atoms with Crippen molar-refractivity contribution in [1.82, 2.24) is 0 Å². The van der Waals surface area contributed by atoms with Crippen LogP contribution in [0.1, 0.15) is 58.3 Å². The zero-order valence-corrected chi connectivity index (χ0v) is 8.63. The molecule has 1 aliphatic rings. The molecular formula is C11H22O2. The Bertz CT molecular complexity index is 139. The Morgan fingerprint density at radius 2 is 1.85 bits per heavy atom. The highest BCUT2D eigenvalue weighted by Crippen LogP contribution is 2.32. The normalized spacial score (nSPS) is 24.2. The third kappa shape index (κ3) is 3.65. The van der Waals surface area contributed by atoms with Crippen molar-refractivity contribution in [3.8, 4) is 0 Å². The largest absolute Gasteiger partial charge is 0.393 e. The first-order valence-corrected chi connectivity index (χ1v) is 5.57. The van der Waals surface area contributed by atoms with E-state index in [0.717, 1.165) is 44.9 Å². The van der Waals surface area contributed by atoms with E-state index in [1.54, 1.807) is 0 Å². The molecule has 1 saturated carbocycles. The van der Waals surface area contributed by atoms with E-state index < -0.39 is 5.60 Å². The number of hydrogen-bond acceptors (Lipinski definition) is 2. The maximum atomic E-state index is 10.1. The predicted octanol–water partition coefficient (Wildman–Crippen LogP) is 2.23. The van der Waals surface area contributed by atoms with E-state index in [2.05, 4.69) is 0 Å². The van der Waals surface area contributed by atoms with Gasteiger partial charge in [-0.25, -0.2) is 0 Å². The lowest BCUT2D eigenvalue weighted by atomic mass is 9.81. The average Bonchev–Trinajstić information content (AvgIpc) is 2.15. The molecule has 0 heterocycles. The highest BCUT2D eigenvalue weighted by atomic mass is 16.3. The van der Waals surface area contributed by atoms with Crippen LogP contribution in [0.15, 0.2) is 0 Å². The third-order valence-electron chi connectivity index (χ3n) is 3.20. The van der Waals surface area contributed by atoms with Crippen LogP contribution in [0, 0.1) is 0 Å². The highest BCUT2D eigenvalue weighted by Gasteiger charge is 2.28. The van der Waals surface area contributed by atoms with E-state index >= 15 is 0 Å². The maximum Gasteiger partial charge on any atom is 0.0648 e. The monoisotopic (exact) mass is 186 g/mol. The van der Waals surface area contributed by atoms with Gasteiger partial charge in [0.2, 0.25) is 0 Å². The van der Waals surface area contributed by atoms with Crippen LogP contribution in [0.25, 0.3) is 0 Å². The fourth-order valence-corrected chi connectivity index (χ4v) is 2.10. The molecule has 0 radical (unpaired) electrons. The lowest BCUT2D eigenvalue weighted by Gasteiger charge is -2.32. The zero-order chi connectivity index (χ0) is 9.73. The topological polar surface area (TPSA) is 40.5 Å². The van der Waals surface area contributed by atoms with Crippen molar-refractivity contribution in [2.24, 2.45) is 0 Å². The van der Waals surface area contributed by atoms with Gasteiger partial charge in [0.15, 0.2) is 0 Å². The zero-order valence-electron chi connectivity index (χ0n) is 8.63. The summed E-state index contributed by atoms with van der Waals surface area (Å²) in [7, 11) is 0. The fourth-order valence-electron chi connectivity index (χ4n) is 2.10. The molecule has 0 aromatic carbocycles. The molecule has 0 amide bonds. The van der Waals surface area contributed by atoms with Crippen LogP contribution in [0.2, 0.25) is 0 Å². The van der Waals surface area contributed by atoms with Gasteiger partial charge in [0.1, 0.15) is 0 Å². The van der Waals surface area contributed by atoms with Crippen molar-refractivity contribution in [3.63, 3.8) is 0 Å². The second kappa shape index (κ2) is 4.97. The molecule has 2 N–H and O–H groups in total. The average molecular weight is 186 g/mol. The number of aliphatic hydroxyl groups excluding tert-OH is 1. The number of aliphatic hydroxyl groups is 2. The van der Waals surface area contributed by atoms with E-state index in [-0.39, 0.29) is 6.10 Å². The van der Waals surface area contributed by atoms with Crippen molar-refractivity contribution >= 4 is 0 Å². The molecule has 1 rings (SSSR count). The van der Waals surface area contributed by atoms with Gasteiger partial charge in [-0.05, 0) is 32.1 Å². The summed E-state index contributed by atoms with van der Waals surface area (Å²) in [6, 6.07) is 0. The molecule has 2 heteroatoms. The summed E-state index contributed by atoms with van der Waals surface area (Å²) in [6.45, 7) is 1.98. The van der Waals surface area contributed by atoms with Gasteiger partial charge in [-0.1, -0.05) is 26.2 Å². The summed E-state index contributed by atoms with van der Waals surface area (Å²) in [5, 5.41) is 19.5. The van der Waals surface area contributed by atoms with Crippen LogP contribution >= 0.6 is 0 Å². The third-order valence-corrected chi connectivity index (χ3v) is 3.20. The Hall–Kier alpha value is -0.0800. The standard InChI is InChI=1S/C11H22O2/c1-2-10(12)6-9-11(13)7-4-3-5-8-11/h10,12-13H,2-9H2,1H3/t10-/m0/s1. The molecule has 0 aromatic rings. The minimum absolute atomic E-state index is 0.217. The van der Waals surface area contributed by atoms with Crippen LogP contribution in [-0.2, 0) is 0 Å². The molecule has 13 heavy (non-hydrogen) atoms. The van der Waals surface area contributed by atoms with Gasteiger partial charge < -0.3 is 10.2 Å². The van der Waals surface area contributed by atoms with Crippen LogP contribution in [0.4, 0.5) is 0 Å². The Morgan fingerprint density at radius 1 is 1.23 bits per heavy atom. The summed E-state index contributed by atoms with van der Waals surface area (Å²) >= 11 is 0. The molecule has 2 nitrogen and oxygen atoms in total. The smallest absolute Gasteiger partial charge is 0.0648 e. The van der Waals surface area contributed by atoms with Crippen LogP contribution < -0.4 is 0 Å². The molecule has 0 unspecified atom stereocenters. The Labute approximate surface area is 81.0 Å². The minimum Gasteiger partial charge on any atom is -0.393 e. The Morgan fingerprint density at radius 3 is 2.38 bits per heavy atom. The molecule has 1 aliphatic carbocycles. The molecule has 0 aromatic heterocycles. The van der Waals surface area contributed by atoms with Crippen LogP contribution in [-0.4, -0.2) is 21.9 Å². The molecule has 78 valence electrons. The van der Waals surface area contributed by atoms with Gasteiger partial charge in [0.05, 0.1) is 11.7 Å². The summed E-state index contributed by atoms with van der Waals surface area (Å²) in [5.41, 5.74) is -0.450. The van der Waals surface area contributed by atoms with Gasteiger partial charge in [0.25, 0.3) is 0 Å². The second-order valence-electron chi connectivity index (χ2n) is 4.39. The van der Waals surface area contributed by atoms with Gasteiger partial charge >= 0.3 is 0 Å². The van der Waals surface area contributed by atoms with Gasteiger partial charge in [-0.2, -0.15) is 0 Å². The second-order valence-corrected chi connectivity index (χ2v) is 4.39. The quantitative estimate of drug-likeness (QED) is 0.707. The van der Waals surface area contributed by atoms with E-state index in [1.807, 2.05) is 6.92 Å². The maximum absolute atomic E-state index is 10.1. The number of hydrogen-bond donors (Lipinski definition) is 2. The van der Waals surface area contributed by atoms with E-state index in [9.17, 15) is 10.2 Å². The lowest BCUT2D eigenvalue weighted by Crippen LogP contribution is -2.32. The van der Waals surface area contributed by atoms with Crippen molar-refractivity contribution in [3.05, 3.63) is 0 Å². The lowest BCUT2D eigenvalue weighted by molar-refractivity contribution is -0.0158.